The van der Waals surface area contributed by atoms with Crippen LogP contribution in [0.25, 0.3) is 10.8 Å². The molecule has 1 heterocycles. The molecule has 0 fully saturated rings. The third-order valence-electron chi connectivity index (χ3n) is 3.50. The number of non-ortho nitro benzene ring substituents is 1. The van der Waals surface area contributed by atoms with E-state index >= 15 is 0 Å². The van der Waals surface area contributed by atoms with E-state index in [9.17, 15) is 10.1 Å². The Balaban J connectivity index is 0.00000192. The van der Waals surface area contributed by atoms with Gasteiger partial charge in [-0.3, -0.25) is 10.1 Å². The molecule has 5 nitrogen and oxygen atoms in total. The lowest BCUT2D eigenvalue weighted by Crippen LogP contribution is -3.00. The molecule has 6 heteroatoms. The lowest BCUT2D eigenvalue weighted by molar-refractivity contribution is -0.687. The molecular formula is C17H12BrN3O2. The zero-order chi connectivity index (χ0) is 15.5. The van der Waals surface area contributed by atoms with Gasteiger partial charge in [-0.05, 0) is 18.2 Å². The number of benzene rings is 2. The number of nitro benzene ring substituents is 1. The highest BCUT2D eigenvalue weighted by Crippen LogP contribution is 2.23. The minimum atomic E-state index is -0.368. The van der Waals surface area contributed by atoms with E-state index in [1.54, 1.807) is 24.3 Å². The van der Waals surface area contributed by atoms with Crippen molar-refractivity contribution in [2.24, 2.45) is 0 Å². The van der Waals surface area contributed by atoms with Crippen molar-refractivity contribution in [1.29, 1.82) is 5.26 Å². The standard InChI is InChI=1S/C17H12N3O2.BrH/c18-10-13-4-6-14(7-5-13)11-19-9-8-16-15(12-19)2-1-3-17(16)20(21)22;/h1-9,12H,11H2;1H/q+1;/p-1. The number of hydrogen-bond acceptors (Lipinski definition) is 3. The van der Waals surface area contributed by atoms with Crippen LogP contribution in [0.15, 0.2) is 60.9 Å². The molecular weight excluding hydrogens is 358 g/mol. The minimum Gasteiger partial charge on any atom is -1.00 e. The van der Waals surface area contributed by atoms with Crippen LogP contribution in [0.5, 0.6) is 0 Å². The molecule has 23 heavy (non-hydrogen) atoms. The number of nitrogens with zero attached hydrogens (tertiary/aromatic N) is 3. The molecule has 2 aromatic carbocycles. The Hall–Kier alpha value is -2.78. The number of fused-ring (bicyclic) bond motifs is 1. The normalized spacial score (nSPS) is 9.87. The number of pyridine rings is 1. The molecule has 0 bridgehead atoms. The van der Waals surface area contributed by atoms with Crippen molar-refractivity contribution < 1.29 is 26.5 Å². The van der Waals surface area contributed by atoms with Gasteiger partial charge in [0.25, 0.3) is 5.69 Å². The third kappa shape index (κ3) is 3.52. The molecule has 0 amide bonds. The van der Waals surface area contributed by atoms with Gasteiger partial charge in [0.15, 0.2) is 18.9 Å². The molecule has 0 aliphatic heterocycles. The molecule has 0 saturated heterocycles. The summed E-state index contributed by atoms with van der Waals surface area (Å²) < 4.78 is 1.97. The first-order valence-corrected chi connectivity index (χ1v) is 6.72. The van der Waals surface area contributed by atoms with Gasteiger partial charge in [0.1, 0.15) is 0 Å². The van der Waals surface area contributed by atoms with Crippen LogP contribution < -0.4 is 21.5 Å². The van der Waals surface area contributed by atoms with Gasteiger partial charge >= 0.3 is 0 Å². The number of nitro groups is 1. The second-order valence-corrected chi connectivity index (χ2v) is 4.96. The van der Waals surface area contributed by atoms with E-state index in [0.29, 0.717) is 17.5 Å². The molecule has 3 rings (SSSR count). The number of halogens is 1. The van der Waals surface area contributed by atoms with Gasteiger partial charge in [-0.15, -0.1) is 0 Å². The summed E-state index contributed by atoms with van der Waals surface area (Å²) in [5, 5.41) is 21.3. The van der Waals surface area contributed by atoms with Gasteiger partial charge in [0.05, 0.1) is 27.3 Å². The average molecular weight is 370 g/mol. The van der Waals surface area contributed by atoms with Crippen LogP contribution in [0, 0.1) is 21.4 Å². The van der Waals surface area contributed by atoms with Crippen molar-refractivity contribution in [1.82, 2.24) is 0 Å². The molecule has 0 atom stereocenters. The van der Waals surface area contributed by atoms with Crippen LogP contribution in [-0.4, -0.2) is 4.92 Å². The lowest BCUT2D eigenvalue weighted by Gasteiger charge is -2.01. The molecule has 3 aromatic rings. The Morgan fingerprint density at radius 3 is 2.52 bits per heavy atom. The van der Waals surface area contributed by atoms with Gasteiger partial charge in [-0.2, -0.15) is 5.26 Å². The van der Waals surface area contributed by atoms with E-state index in [4.69, 9.17) is 5.26 Å². The number of rotatable bonds is 3. The molecule has 114 valence electrons. The zero-order valence-corrected chi connectivity index (χ0v) is 13.6. The average Bonchev–Trinajstić information content (AvgIpc) is 2.54. The molecule has 0 aliphatic carbocycles. The molecule has 1 aromatic heterocycles. The maximum Gasteiger partial charge on any atom is 0.277 e. The van der Waals surface area contributed by atoms with Crippen molar-refractivity contribution >= 4 is 16.5 Å². The molecule has 0 spiro atoms. The summed E-state index contributed by atoms with van der Waals surface area (Å²) in [7, 11) is 0. The number of hydrogen-bond donors (Lipinski definition) is 0. The molecule has 0 aliphatic rings. The van der Waals surface area contributed by atoms with E-state index in [0.717, 1.165) is 10.9 Å². The summed E-state index contributed by atoms with van der Waals surface area (Å²) >= 11 is 0. The van der Waals surface area contributed by atoms with Gasteiger partial charge in [0, 0.05) is 17.7 Å². The van der Waals surface area contributed by atoms with E-state index < -0.39 is 0 Å². The summed E-state index contributed by atoms with van der Waals surface area (Å²) in [5.74, 6) is 0. The second-order valence-electron chi connectivity index (χ2n) is 4.96. The van der Waals surface area contributed by atoms with Gasteiger partial charge in [-0.25, -0.2) is 4.57 Å². The topological polar surface area (TPSA) is 70.8 Å². The predicted octanol–water partition coefficient (Wildman–Crippen LogP) is -0.0405. The first-order valence-electron chi connectivity index (χ1n) is 6.72. The molecule has 0 saturated carbocycles. The lowest BCUT2D eigenvalue weighted by atomic mass is 10.1. The fraction of sp³-hybridized carbons (Fsp3) is 0.0588. The third-order valence-corrected chi connectivity index (χ3v) is 3.50. The summed E-state index contributed by atoms with van der Waals surface area (Å²) in [6.45, 7) is 0.643. The van der Waals surface area contributed by atoms with Crippen LogP contribution in [-0.2, 0) is 6.54 Å². The highest BCUT2D eigenvalue weighted by molar-refractivity contribution is 5.89. The highest BCUT2D eigenvalue weighted by atomic mass is 79.9. The Labute approximate surface area is 143 Å². The zero-order valence-electron chi connectivity index (χ0n) is 12.0. The van der Waals surface area contributed by atoms with Crippen LogP contribution in [0.4, 0.5) is 5.69 Å². The van der Waals surface area contributed by atoms with Crippen molar-refractivity contribution in [3.05, 3.63) is 82.2 Å². The first-order chi connectivity index (χ1) is 10.7. The van der Waals surface area contributed by atoms with Crippen LogP contribution in [0.3, 0.4) is 0 Å². The van der Waals surface area contributed by atoms with Gasteiger partial charge < -0.3 is 17.0 Å². The van der Waals surface area contributed by atoms with Crippen LogP contribution >= 0.6 is 0 Å². The second kappa shape index (κ2) is 6.99. The quantitative estimate of drug-likeness (QED) is 0.369. The Kier molecular flexibility index (Phi) is 5.04. The van der Waals surface area contributed by atoms with E-state index in [1.807, 2.05) is 35.2 Å². The maximum absolute atomic E-state index is 11.0. The fourth-order valence-electron chi connectivity index (χ4n) is 2.41. The highest BCUT2D eigenvalue weighted by Gasteiger charge is 2.13. The van der Waals surface area contributed by atoms with Gasteiger partial charge in [0.2, 0.25) is 0 Å². The van der Waals surface area contributed by atoms with E-state index in [1.165, 1.54) is 6.07 Å². The van der Waals surface area contributed by atoms with Crippen molar-refractivity contribution in [2.45, 2.75) is 6.54 Å². The molecule has 0 unspecified atom stereocenters. The number of nitriles is 1. The first kappa shape index (κ1) is 16.6. The van der Waals surface area contributed by atoms with Crippen molar-refractivity contribution in [2.75, 3.05) is 0 Å². The smallest absolute Gasteiger partial charge is 0.277 e. The Bertz CT molecular complexity index is 902. The summed E-state index contributed by atoms with van der Waals surface area (Å²) in [6.07, 6.45) is 3.72. The van der Waals surface area contributed by atoms with E-state index in [2.05, 4.69) is 6.07 Å². The van der Waals surface area contributed by atoms with Crippen LogP contribution in [0.1, 0.15) is 11.1 Å². The fourth-order valence-corrected chi connectivity index (χ4v) is 2.41. The van der Waals surface area contributed by atoms with Crippen molar-refractivity contribution in [3.8, 4) is 6.07 Å². The number of aromatic nitrogens is 1. The SMILES string of the molecule is N#Cc1ccc(C[n+]2ccc3c([N+](=O)[O-])cccc3c2)cc1.[Br-]. The Morgan fingerprint density at radius 1 is 1.13 bits per heavy atom. The largest absolute Gasteiger partial charge is 1.00 e. The maximum atomic E-state index is 11.0. The molecule has 0 radical (unpaired) electrons. The van der Waals surface area contributed by atoms with Crippen molar-refractivity contribution in [3.63, 3.8) is 0 Å². The minimum absolute atomic E-state index is 0. The monoisotopic (exact) mass is 369 g/mol. The summed E-state index contributed by atoms with van der Waals surface area (Å²) in [4.78, 5) is 10.7. The van der Waals surface area contributed by atoms with E-state index in [-0.39, 0.29) is 27.6 Å². The summed E-state index contributed by atoms with van der Waals surface area (Å²) in [6, 6.07) is 16.3. The van der Waals surface area contributed by atoms with Gasteiger partial charge in [-0.1, -0.05) is 18.2 Å². The summed E-state index contributed by atoms with van der Waals surface area (Å²) in [5.41, 5.74) is 1.81. The predicted molar refractivity (Wildman–Crippen MR) is 81.1 cm³/mol. The Morgan fingerprint density at radius 2 is 1.87 bits per heavy atom. The molecule has 0 N–H and O–H groups in total. The van der Waals surface area contributed by atoms with Crippen LogP contribution in [0.2, 0.25) is 0 Å².